The van der Waals surface area contributed by atoms with Crippen LogP contribution >= 0.6 is 11.8 Å². The van der Waals surface area contributed by atoms with Gasteiger partial charge in [-0.25, -0.2) is 4.79 Å². The summed E-state index contributed by atoms with van der Waals surface area (Å²) in [7, 11) is 1.40. The maximum Gasteiger partial charge on any atom is 0.337 e. The van der Waals surface area contributed by atoms with Gasteiger partial charge in [-0.1, -0.05) is 0 Å². The topological polar surface area (TPSA) is 38.3 Å². The molecule has 0 bridgehead atoms. The van der Waals surface area contributed by atoms with Crippen LogP contribution in [-0.2, 0) is 4.74 Å². The third-order valence-electron chi connectivity index (χ3n) is 2.90. The van der Waals surface area contributed by atoms with Gasteiger partial charge in [0, 0.05) is 11.7 Å². The van der Waals surface area contributed by atoms with Crippen LogP contribution < -0.4 is 5.32 Å². The van der Waals surface area contributed by atoms with Crippen LogP contribution in [0.4, 0.5) is 5.69 Å². The summed E-state index contributed by atoms with van der Waals surface area (Å²) in [5, 5.41) is 3.50. The van der Waals surface area contributed by atoms with Crippen molar-refractivity contribution in [2.45, 2.75) is 18.9 Å². The molecule has 0 amide bonds. The monoisotopic (exact) mass is 251 g/mol. The van der Waals surface area contributed by atoms with Crippen molar-refractivity contribution in [2.75, 3.05) is 23.9 Å². The number of benzene rings is 1. The molecule has 3 nitrogen and oxygen atoms in total. The van der Waals surface area contributed by atoms with Crippen LogP contribution in [0.15, 0.2) is 24.3 Å². The summed E-state index contributed by atoms with van der Waals surface area (Å²) in [6.45, 7) is 0. The first-order valence-corrected chi connectivity index (χ1v) is 6.98. The molecular weight excluding hydrogens is 234 g/mol. The number of carbonyl (C=O) groups excluding carboxylic acids is 1. The summed E-state index contributed by atoms with van der Waals surface area (Å²) in [5.41, 5.74) is 1.67. The van der Waals surface area contributed by atoms with Crippen molar-refractivity contribution in [1.82, 2.24) is 0 Å². The molecule has 0 unspecified atom stereocenters. The number of carbonyl (C=O) groups is 1. The van der Waals surface area contributed by atoms with Crippen molar-refractivity contribution in [3.05, 3.63) is 29.8 Å². The quantitative estimate of drug-likeness (QED) is 0.838. The number of rotatable bonds is 3. The minimum atomic E-state index is -0.286. The van der Waals surface area contributed by atoms with Gasteiger partial charge in [0.05, 0.1) is 12.7 Å². The van der Waals surface area contributed by atoms with Crippen molar-refractivity contribution in [2.24, 2.45) is 0 Å². The Hall–Kier alpha value is -1.16. The lowest BCUT2D eigenvalue weighted by Gasteiger charge is -2.23. The standard InChI is InChI=1S/C13H17NO2S/c1-16-13(15)10-2-4-11(5-3-10)14-12-6-8-17-9-7-12/h2-5,12,14H,6-9H2,1H3. The smallest absolute Gasteiger partial charge is 0.337 e. The van der Waals surface area contributed by atoms with E-state index in [0.717, 1.165) is 5.69 Å². The fourth-order valence-corrected chi connectivity index (χ4v) is 3.00. The fraction of sp³-hybridized carbons (Fsp3) is 0.462. The Morgan fingerprint density at radius 3 is 2.53 bits per heavy atom. The Kier molecular flexibility index (Phi) is 4.31. The van der Waals surface area contributed by atoms with Crippen LogP contribution in [0.5, 0.6) is 0 Å². The third-order valence-corrected chi connectivity index (χ3v) is 3.95. The lowest BCUT2D eigenvalue weighted by Crippen LogP contribution is -2.24. The molecule has 1 aliphatic rings. The second-order valence-electron chi connectivity index (χ2n) is 4.10. The van der Waals surface area contributed by atoms with E-state index in [0.29, 0.717) is 11.6 Å². The average Bonchev–Trinajstić information content (AvgIpc) is 2.40. The molecule has 1 saturated heterocycles. The van der Waals surface area contributed by atoms with Crippen LogP contribution in [0.25, 0.3) is 0 Å². The molecule has 1 aromatic carbocycles. The molecular formula is C13H17NO2S. The molecule has 0 atom stereocenters. The maximum atomic E-state index is 11.3. The minimum Gasteiger partial charge on any atom is -0.465 e. The van der Waals surface area contributed by atoms with Crippen molar-refractivity contribution < 1.29 is 9.53 Å². The molecule has 0 aromatic heterocycles. The van der Waals surface area contributed by atoms with E-state index in [1.54, 1.807) is 12.1 Å². The highest BCUT2D eigenvalue weighted by atomic mass is 32.2. The van der Waals surface area contributed by atoms with Gasteiger partial charge in [-0.2, -0.15) is 11.8 Å². The lowest BCUT2D eigenvalue weighted by atomic mass is 10.1. The number of methoxy groups -OCH3 is 1. The normalized spacial score (nSPS) is 16.5. The predicted octanol–water partition coefficient (Wildman–Crippen LogP) is 2.78. The third kappa shape index (κ3) is 3.40. The number of anilines is 1. The summed E-state index contributed by atoms with van der Waals surface area (Å²) in [6, 6.07) is 8.04. The molecule has 0 spiro atoms. The second-order valence-corrected chi connectivity index (χ2v) is 5.32. The fourth-order valence-electron chi connectivity index (χ4n) is 1.90. The minimum absolute atomic E-state index is 0.286. The molecule has 0 saturated carbocycles. The highest BCUT2D eigenvalue weighted by molar-refractivity contribution is 7.99. The first-order chi connectivity index (χ1) is 8.29. The molecule has 4 heteroatoms. The number of hydrogen-bond acceptors (Lipinski definition) is 4. The van der Waals surface area contributed by atoms with Gasteiger partial charge >= 0.3 is 5.97 Å². The number of thioether (sulfide) groups is 1. The molecule has 1 heterocycles. The molecule has 0 aliphatic carbocycles. The molecule has 1 N–H and O–H groups in total. The highest BCUT2D eigenvalue weighted by Gasteiger charge is 2.13. The number of nitrogens with one attached hydrogen (secondary N) is 1. The van der Waals surface area contributed by atoms with Gasteiger partial charge in [0.25, 0.3) is 0 Å². The van der Waals surface area contributed by atoms with Gasteiger partial charge in [-0.3, -0.25) is 0 Å². The van der Waals surface area contributed by atoms with E-state index >= 15 is 0 Å². The van der Waals surface area contributed by atoms with Crippen LogP contribution in [-0.4, -0.2) is 30.6 Å². The highest BCUT2D eigenvalue weighted by Crippen LogP contribution is 2.21. The van der Waals surface area contributed by atoms with Crippen molar-refractivity contribution >= 4 is 23.4 Å². The van der Waals surface area contributed by atoms with E-state index in [1.165, 1.54) is 31.5 Å². The van der Waals surface area contributed by atoms with Gasteiger partial charge in [0.15, 0.2) is 0 Å². The SMILES string of the molecule is COC(=O)c1ccc(NC2CCSCC2)cc1. The number of ether oxygens (including phenoxy) is 1. The molecule has 92 valence electrons. The van der Waals surface area contributed by atoms with Crippen molar-refractivity contribution in [1.29, 1.82) is 0 Å². The van der Waals surface area contributed by atoms with E-state index in [4.69, 9.17) is 0 Å². The molecule has 1 aromatic rings. The Bertz CT molecular complexity index is 372. The molecule has 2 rings (SSSR count). The summed E-state index contributed by atoms with van der Waals surface area (Å²) in [6.07, 6.45) is 2.42. The summed E-state index contributed by atoms with van der Waals surface area (Å²) in [4.78, 5) is 11.3. The Morgan fingerprint density at radius 2 is 1.94 bits per heavy atom. The van der Waals surface area contributed by atoms with Crippen molar-refractivity contribution in [3.8, 4) is 0 Å². The van der Waals surface area contributed by atoms with E-state index in [9.17, 15) is 4.79 Å². The van der Waals surface area contributed by atoms with Crippen molar-refractivity contribution in [3.63, 3.8) is 0 Å². The lowest BCUT2D eigenvalue weighted by molar-refractivity contribution is 0.0601. The van der Waals surface area contributed by atoms with Crippen LogP contribution in [0.3, 0.4) is 0 Å². The zero-order valence-corrected chi connectivity index (χ0v) is 10.8. The second kappa shape index (κ2) is 5.96. The predicted molar refractivity (Wildman–Crippen MR) is 71.8 cm³/mol. The van der Waals surface area contributed by atoms with Crippen LogP contribution in [0.1, 0.15) is 23.2 Å². The number of esters is 1. The molecule has 1 fully saturated rings. The molecule has 0 radical (unpaired) electrons. The maximum absolute atomic E-state index is 11.3. The number of hydrogen-bond donors (Lipinski definition) is 1. The zero-order chi connectivity index (χ0) is 12.1. The van der Waals surface area contributed by atoms with Gasteiger partial charge in [0.2, 0.25) is 0 Å². The van der Waals surface area contributed by atoms with Gasteiger partial charge in [0.1, 0.15) is 0 Å². The average molecular weight is 251 g/mol. The van der Waals surface area contributed by atoms with Gasteiger partial charge in [-0.15, -0.1) is 0 Å². The Morgan fingerprint density at radius 1 is 1.29 bits per heavy atom. The van der Waals surface area contributed by atoms with E-state index in [2.05, 4.69) is 10.1 Å². The first kappa shape index (κ1) is 12.3. The summed E-state index contributed by atoms with van der Waals surface area (Å²) in [5.74, 6) is 2.18. The van der Waals surface area contributed by atoms with Gasteiger partial charge in [-0.05, 0) is 48.6 Å². The van der Waals surface area contributed by atoms with E-state index in [1.807, 2.05) is 23.9 Å². The molecule has 17 heavy (non-hydrogen) atoms. The summed E-state index contributed by atoms with van der Waals surface area (Å²) < 4.78 is 4.66. The van der Waals surface area contributed by atoms with Crippen LogP contribution in [0.2, 0.25) is 0 Å². The summed E-state index contributed by atoms with van der Waals surface area (Å²) >= 11 is 2.02. The Labute approximate surface area is 106 Å². The Balaban J connectivity index is 1.95. The van der Waals surface area contributed by atoms with Crippen LogP contribution in [0, 0.1) is 0 Å². The largest absolute Gasteiger partial charge is 0.465 e. The molecule has 1 aliphatic heterocycles. The van der Waals surface area contributed by atoms with E-state index in [-0.39, 0.29) is 5.97 Å². The first-order valence-electron chi connectivity index (χ1n) is 5.82. The van der Waals surface area contributed by atoms with E-state index < -0.39 is 0 Å². The van der Waals surface area contributed by atoms with Gasteiger partial charge < -0.3 is 10.1 Å². The zero-order valence-electron chi connectivity index (χ0n) is 9.94.